The van der Waals surface area contributed by atoms with Crippen LogP contribution in [0.25, 0.3) is 6.08 Å². The number of carbonyl (C=O) groups is 1. The Labute approximate surface area is 178 Å². The molecule has 0 spiro atoms. The maximum Gasteiger partial charge on any atom is 0.239 e. The molecule has 0 aromatic heterocycles. The number of nitrogens with two attached hydrogens (primary N) is 1. The monoisotopic (exact) mass is 407 g/mol. The fourth-order valence-corrected chi connectivity index (χ4v) is 3.94. The molecule has 1 heterocycles. The summed E-state index contributed by atoms with van der Waals surface area (Å²) in [5.74, 6) is 1.31. The van der Waals surface area contributed by atoms with Crippen molar-refractivity contribution in [1.82, 2.24) is 5.01 Å². The summed E-state index contributed by atoms with van der Waals surface area (Å²) in [6.07, 6.45) is 4.75. The molecule has 0 saturated heterocycles. The normalized spacial score (nSPS) is 18.6. The van der Waals surface area contributed by atoms with E-state index in [0.29, 0.717) is 22.9 Å². The molecule has 2 atom stereocenters. The molecule has 0 bridgehead atoms. The molecule has 2 unspecified atom stereocenters. The second kappa shape index (κ2) is 9.03. The number of benzene rings is 2. The molecule has 30 heavy (non-hydrogen) atoms. The second-order valence-electron chi connectivity index (χ2n) is 7.40. The minimum absolute atomic E-state index is 0.0909. The number of methoxy groups -OCH3 is 2. The van der Waals surface area contributed by atoms with Crippen molar-refractivity contribution >= 4 is 23.4 Å². The zero-order chi connectivity index (χ0) is 21.8. The second-order valence-corrected chi connectivity index (χ2v) is 7.40. The molecule has 6 heteroatoms. The summed E-state index contributed by atoms with van der Waals surface area (Å²) < 4.78 is 11.1. The van der Waals surface area contributed by atoms with Crippen LogP contribution in [0.15, 0.2) is 47.6 Å². The summed E-state index contributed by atoms with van der Waals surface area (Å²) in [5.41, 5.74) is 10.2. The summed E-state index contributed by atoms with van der Waals surface area (Å²) in [4.78, 5) is 12.4. The van der Waals surface area contributed by atoms with Crippen molar-refractivity contribution in [3.8, 4) is 11.5 Å². The van der Waals surface area contributed by atoms with Crippen LogP contribution in [0.2, 0.25) is 0 Å². The van der Waals surface area contributed by atoms with E-state index >= 15 is 0 Å². The van der Waals surface area contributed by atoms with Gasteiger partial charge >= 0.3 is 0 Å². The Hall–Kier alpha value is -3.28. The van der Waals surface area contributed by atoms with Gasteiger partial charge in [0.2, 0.25) is 5.91 Å². The molecular formula is C24H29N3O3. The Morgan fingerprint density at radius 1 is 1.13 bits per heavy atom. The van der Waals surface area contributed by atoms with Crippen molar-refractivity contribution in [2.45, 2.75) is 39.2 Å². The molecule has 2 aromatic rings. The lowest BCUT2D eigenvalue weighted by Crippen LogP contribution is -2.36. The predicted octanol–water partition coefficient (Wildman–Crippen LogP) is 4.45. The summed E-state index contributed by atoms with van der Waals surface area (Å²) in [6.45, 7) is 5.70. The van der Waals surface area contributed by atoms with Crippen LogP contribution < -0.4 is 15.2 Å². The van der Waals surface area contributed by atoms with E-state index in [1.54, 1.807) is 26.2 Å². The van der Waals surface area contributed by atoms with E-state index in [9.17, 15) is 4.79 Å². The highest BCUT2D eigenvalue weighted by Gasteiger charge is 2.32. The lowest BCUT2D eigenvalue weighted by atomic mass is 9.85. The number of ether oxygens (including phenoxy) is 2. The SMILES string of the molecule is CCC1c2cc(OC)c(OC)cc2C(C=Cc2ccc(N)cc2)=NN(C(C)=O)C1C. The first kappa shape index (κ1) is 21.4. The van der Waals surface area contributed by atoms with E-state index in [4.69, 9.17) is 20.3 Å². The van der Waals surface area contributed by atoms with Gasteiger partial charge in [-0.15, -0.1) is 0 Å². The van der Waals surface area contributed by atoms with Crippen molar-refractivity contribution < 1.29 is 14.3 Å². The Bertz CT molecular complexity index is 980. The smallest absolute Gasteiger partial charge is 0.239 e. The lowest BCUT2D eigenvalue weighted by molar-refractivity contribution is -0.131. The van der Waals surface area contributed by atoms with Gasteiger partial charge in [-0.05, 0) is 54.8 Å². The molecule has 0 aliphatic carbocycles. The van der Waals surface area contributed by atoms with Crippen molar-refractivity contribution in [2.75, 3.05) is 20.0 Å². The Morgan fingerprint density at radius 3 is 2.33 bits per heavy atom. The van der Waals surface area contributed by atoms with Gasteiger partial charge < -0.3 is 15.2 Å². The van der Waals surface area contributed by atoms with Crippen molar-refractivity contribution in [2.24, 2.45) is 5.10 Å². The highest BCUT2D eigenvalue weighted by molar-refractivity contribution is 6.12. The molecule has 2 N–H and O–H groups in total. The first-order chi connectivity index (χ1) is 14.4. The van der Waals surface area contributed by atoms with Crippen LogP contribution in [0.1, 0.15) is 49.8 Å². The van der Waals surface area contributed by atoms with Crippen molar-refractivity contribution in [3.05, 3.63) is 59.2 Å². The fraction of sp³-hybridized carbons (Fsp3) is 0.333. The standard InChI is InChI=1S/C24H29N3O3/c1-6-19-15(2)27(16(3)28)26-22(12-9-17-7-10-18(25)11-8-17)21-14-24(30-5)23(29-4)13-20(19)21/h7-15,19H,6,25H2,1-5H3. The van der Waals surface area contributed by atoms with Crippen LogP contribution in [0.5, 0.6) is 11.5 Å². The first-order valence-electron chi connectivity index (χ1n) is 10.1. The van der Waals surface area contributed by atoms with Crippen molar-refractivity contribution in [3.63, 3.8) is 0 Å². The third-order valence-electron chi connectivity index (χ3n) is 5.55. The molecule has 1 aliphatic rings. The number of hydrazone groups is 1. The maximum absolute atomic E-state index is 12.4. The summed E-state index contributed by atoms with van der Waals surface area (Å²) >= 11 is 0. The number of anilines is 1. The molecule has 158 valence electrons. The van der Waals surface area contributed by atoms with E-state index in [1.807, 2.05) is 55.5 Å². The zero-order valence-corrected chi connectivity index (χ0v) is 18.2. The molecule has 0 fully saturated rings. The molecule has 3 rings (SSSR count). The van der Waals surface area contributed by atoms with Gasteiger partial charge in [0.05, 0.1) is 26.0 Å². The van der Waals surface area contributed by atoms with Crippen LogP contribution >= 0.6 is 0 Å². The van der Waals surface area contributed by atoms with Crippen LogP contribution in [0.3, 0.4) is 0 Å². The van der Waals surface area contributed by atoms with Crippen molar-refractivity contribution in [1.29, 1.82) is 0 Å². The van der Waals surface area contributed by atoms with Gasteiger partial charge in [0, 0.05) is 24.1 Å². The number of hydrogen-bond acceptors (Lipinski definition) is 5. The number of carbonyl (C=O) groups excluding carboxylic acids is 1. The van der Waals surface area contributed by atoms with Gasteiger partial charge in [-0.25, -0.2) is 5.01 Å². The number of rotatable bonds is 5. The van der Waals surface area contributed by atoms with Crippen LogP contribution in [0.4, 0.5) is 5.69 Å². The Kier molecular flexibility index (Phi) is 6.45. The van der Waals surface area contributed by atoms with E-state index in [2.05, 4.69) is 6.92 Å². The quantitative estimate of drug-likeness (QED) is 0.743. The highest BCUT2D eigenvalue weighted by Crippen LogP contribution is 2.39. The molecular weight excluding hydrogens is 378 g/mol. The van der Waals surface area contributed by atoms with E-state index in [0.717, 1.165) is 23.1 Å². The van der Waals surface area contributed by atoms with Gasteiger partial charge in [-0.3, -0.25) is 4.79 Å². The largest absolute Gasteiger partial charge is 0.493 e. The highest BCUT2D eigenvalue weighted by atomic mass is 16.5. The van der Waals surface area contributed by atoms with Gasteiger partial charge in [0.1, 0.15) is 0 Å². The third kappa shape index (κ3) is 4.17. The van der Waals surface area contributed by atoms with E-state index < -0.39 is 0 Å². The average Bonchev–Trinajstić information content (AvgIpc) is 2.85. The minimum Gasteiger partial charge on any atom is -0.493 e. The Morgan fingerprint density at radius 2 is 1.77 bits per heavy atom. The van der Waals surface area contributed by atoms with Gasteiger partial charge in [-0.1, -0.05) is 25.1 Å². The minimum atomic E-state index is -0.0916. The Balaban J connectivity index is 2.20. The van der Waals surface area contributed by atoms with Gasteiger partial charge in [-0.2, -0.15) is 5.10 Å². The van der Waals surface area contributed by atoms with Crippen LogP contribution in [-0.4, -0.2) is 36.9 Å². The zero-order valence-electron chi connectivity index (χ0n) is 18.2. The van der Waals surface area contributed by atoms with Crippen LogP contribution in [0, 0.1) is 0 Å². The first-order valence-corrected chi connectivity index (χ1v) is 10.1. The topological polar surface area (TPSA) is 77.2 Å². The maximum atomic E-state index is 12.4. The number of allylic oxidation sites excluding steroid dienone is 1. The van der Waals surface area contributed by atoms with Gasteiger partial charge in [0.25, 0.3) is 0 Å². The number of nitrogen functional groups attached to an aromatic ring is 1. The lowest BCUT2D eigenvalue weighted by Gasteiger charge is -2.29. The molecule has 0 radical (unpaired) electrons. The third-order valence-corrected chi connectivity index (χ3v) is 5.55. The predicted molar refractivity (Wildman–Crippen MR) is 121 cm³/mol. The average molecular weight is 408 g/mol. The summed E-state index contributed by atoms with van der Waals surface area (Å²) in [6, 6.07) is 11.5. The van der Waals surface area contributed by atoms with E-state index in [-0.39, 0.29) is 17.9 Å². The summed E-state index contributed by atoms with van der Waals surface area (Å²) in [7, 11) is 3.24. The van der Waals surface area contributed by atoms with Crippen LogP contribution in [-0.2, 0) is 4.79 Å². The van der Waals surface area contributed by atoms with Gasteiger partial charge in [0.15, 0.2) is 11.5 Å². The number of hydrogen-bond donors (Lipinski definition) is 1. The van der Waals surface area contributed by atoms with E-state index in [1.165, 1.54) is 0 Å². The summed E-state index contributed by atoms with van der Waals surface area (Å²) in [5, 5.41) is 6.33. The number of nitrogens with zero attached hydrogens (tertiary/aromatic N) is 2. The number of amides is 1. The fourth-order valence-electron chi connectivity index (χ4n) is 3.94. The number of fused-ring (bicyclic) bond motifs is 1. The molecule has 1 amide bonds. The molecule has 0 saturated carbocycles. The molecule has 1 aliphatic heterocycles. The molecule has 2 aromatic carbocycles. The molecule has 6 nitrogen and oxygen atoms in total.